The van der Waals surface area contributed by atoms with Gasteiger partial charge in [0.2, 0.25) is 5.91 Å². The van der Waals surface area contributed by atoms with E-state index in [1.54, 1.807) is 0 Å². The highest BCUT2D eigenvalue weighted by Crippen LogP contribution is 2.21. The summed E-state index contributed by atoms with van der Waals surface area (Å²) in [6.45, 7) is 5.87. The second kappa shape index (κ2) is 8.15. The van der Waals surface area contributed by atoms with Crippen molar-refractivity contribution >= 4 is 11.9 Å². The molecule has 1 amide bonds. The van der Waals surface area contributed by atoms with E-state index >= 15 is 0 Å². The van der Waals surface area contributed by atoms with Gasteiger partial charge in [-0.3, -0.25) is 9.59 Å². The molecule has 19 heavy (non-hydrogen) atoms. The molecule has 110 valence electrons. The van der Waals surface area contributed by atoms with Gasteiger partial charge in [0.1, 0.15) is 0 Å². The lowest BCUT2D eigenvalue weighted by atomic mass is 9.93. The standard InChI is InChI=1S/C14H25NO4/c1-11(2)19-9-7-13(16)15-8-3-4-12(10-15)5-6-14(17)18/h11-12H,3-10H2,1-2H3,(H,17,18)/t12-/m0/s1. The molecule has 0 aliphatic carbocycles. The third-order valence-corrected chi connectivity index (χ3v) is 3.41. The Morgan fingerprint density at radius 1 is 1.37 bits per heavy atom. The minimum Gasteiger partial charge on any atom is -0.481 e. The van der Waals surface area contributed by atoms with Crippen molar-refractivity contribution in [3.8, 4) is 0 Å². The third kappa shape index (κ3) is 6.57. The van der Waals surface area contributed by atoms with Gasteiger partial charge >= 0.3 is 5.97 Å². The van der Waals surface area contributed by atoms with E-state index in [-0.39, 0.29) is 18.4 Å². The molecule has 1 aliphatic heterocycles. The average molecular weight is 271 g/mol. The zero-order valence-corrected chi connectivity index (χ0v) is 11.9. The molecule has 0 radical (unpaired) electrons. The number of amides is 1. The average Bonchev–Trinajstić information content (AvgIpc) is 2.36. The molecule has 1 fully saturated rings. The molecule has 5 nitrogen and oxygen atoms in total. The maximum absolute atomic E-state index is 12.0. The van der Waals surface area contributed by atoms with Gasteiger partial charge in [0.15, 0.2) is 0 Å². The lowest BCUT2D eigenvalue weighted by molar-refractivity contribution is -0.137. The van der Waals surface area contributed by atoms with Crippen molar-refractivity contribution in [2.45, 2.75) is 52.1 Å². The first-order valence-corrected chi connectivity index (χ1v) is 7.10. The summed E-state index contributed by atoms with van der Waals surface area (Å²) < 4.78 is 5.38. The summed E-state index contributed by atoms with van der Waals surface area (Å²) in [6, 6.07) is 0. The Hall–Kier alpha value is -1.10. The van der Waals surface area contributed by atoms with Gasteiger partial charge in [-0.05, 0) is 39.0 Å². The summed E-state index contributed by atoms with van der Waals surface area (Å²) in [5.74, 6) is -0.297. The van der Waals surface area contributed by atoms with Gasteiger partial charge in [0, 0.05) is 19.5 Å². The fourth-order valence-electron chi connectivity index (χ4n) is 2.39. The van der Waals surface area contributed by atoms with E-state index in [0.717, 1.165) is 19.4 Å². The van der Waals surface area contributed by atoms with Crippen LogP contribution in [0.25, 0.3) is 0 Å². The number of carboxylic acids is 1. The molecule has 0 unspecified atom stereocenters. The molecule has 0 aromatic rings. The van der Waals surface area contributed by atoms with Crippen molar-refractivity contribution in [1.29, 1.82) is 0 Å². The van der Waals surface area contributed by atoms with E-state index in [1.165, 1.54) is 0 Å². The van der Waals surface area contributed by atoms with Crippen molar-refractivity contribution in [2.75, 3.05) is 19.7 Å². The molecule has 0 spiro atoms. The summed E-state index contributed by atoms with van der Waals surface area (Å²) >= 11 is 0. The van der Waals surface area contributed by atoms with Crippen LogP contribution in [0, 0.1) is 5.92 Å². The Morgan fingerprint density at radius 2 is 2.11 bits per heavy atom. The molecule has 0 aromatic heterocycles. The van der Waals surface area contributed by atoms with E-state index in [2.05, 4.69) is 0 Å². The van der Waals surface area contributed by atoms with Crippen LogP contribution in [-0.2, 0) is 14.3 Å². The SMILES string of the molecule is CC(C)OCCC(=O)N1CCC[C@@H](CCC(=O)O)C1. The molecule has 1 heterocycles. The summed E-state index contributed by atoms with van der Waals surface area (Å²) in [5, 5.41) is 8.69. The fourth-order valence-corrected chi connectivity index (χ4v) is 2.39. The quantitative estimate of drug-likeness (QED) is 0.768. The number of likely N-dealkylation sites (tertiary alicyclic amines) is 1. The second-order valence-corrected chi connectivity index (χ2v) is 5.45. The van der Waals surface area contributed by atoms with Crippen LogP contribution in [0.4, 0.5) is 0 Å². The van der Waals surface area contributed by atoms with Crippen molar-refractivity contribution in [1.82, 2.24) is 4.90 Å². The Bertz CT molecular complexity index is 304. The molecule has 0 aromatic carbocycles. The lowest BCUT2D eigenvalue weighted by Gasteiger charge is -2.32. The predicted octanol–water partition coefficient (Wildman–Crippen LogP) is 1.90. The van der Waals surface area contributed by atoms with Gasteiger partial charge in [-0.25, -0.2) is 0 Å². The number of hydrogen-bond acceptors (Lipinski definition) is 3. The van der Waals surface area contributed by atoms with Crippen LogP contribution in [-0.4, -0.2) is 47.7 Å². The van der Waals surface area contributed by atoms with Gasteiger partial charge in [0.25, 0.3) is 0 Å². The van der Waals surface area contributed by atoms with Crippen molar-refractivity contribution in [2.24, 2.45) is 5.92 Å². The fraction of sp³-hybridized carbons (Fsp3) is 0.857. The van der Waals surface area contributed by atoms with E-state index in [1.807, 2.05) is 18.7 Å². The molecule has 1 atom stereocenters. The molecule has 5 heteroatoms. The molecule has 1 rings (SSSR count). The van der Waals surface area contributed by atoms with Crippen molar-refractivity contribution < 1.29 is 19.4 Å². The molecular weight excluding hydrogens is 246 g/mol. The van der Waals surface area contributed by atoms with Crippen LogP contribution in [0.5, 0.6) is 0 Å². The number of carbonyl (C=O) groups is 2. The Kier molecular flexibility index (Phi) is 6.84. The van der Waals surface area contributed by atoms with E-state index in [0.29, 0.717) is 31.9 Å². The van der Waals surface area contributed by atoms with Crippen LogP contribution < -0.4 is 0 Å². The first-order chi connectivity index (χ1) is 8.99. The van der Waals surface area contributed by atoms with Crippen LogP contribution in [0.15, 0.2) is 0 Å². The molecule has 0 saturated carbocycles. The highest BCUT2D eigenvalue weighted by molar-refractivity contribution is 5.76. The highest BCUT2D eigenvalue weighted by atomic mass is 16.5. The molecule has 0 bridgehead atoms. The number of piperidine rings is 1. The largest absolute Gasteiger partial charge is 0.481 e. The van der Waals surface area contributed by atoms with E-state index in [4.69, 9.17) is 9.84 Å². The Morgan fingerprint density at radius 3 is 2.74 bits per heavy atom. The number of ether oxygens (including phenoxy) is 1. The first-order valence-electron chi connectivity index (χ1n) is 7.10. The summed E-state index contributed by atoms with van der Waals surface area (Å²) in [4.78, 5) is 24.4. The molecular formula is C14H25NO4. The van der Waals surface area contributed by atoms with E-state index < -0.39 is 5.97 Å². The number of nitrogens with zero attached hydrogens (tertiary/aromatic N) is 1. The predicted molar refractivity (Wildman–Crippen MR) is 71.9 cm³/mol. The van der Waals surface area contributed by atoms with Gasteiger partial charge in [-0.1, -0.05) is 0 Å². The minimum atomic E-state index is -0.756. The van der Waals surface area contributed by atoms with E-state index in [9.17, 15) is 9.59 Å². The number of carbonyl (C=O) groups excluding carboxylic acids is 1. The van der Waals surface area contributed by atoms with Gasteiger partial charge < -0.3 is 14.7 Å². The molecule has 1 N–H and O–H groups in total. The number of hydrogen-bond donors (Lipinski definition) is 1. The van der Waals surface area contributed by atoms with Gasteiger partial charge in [-0.15, -0.1) is 0 Å². The molecule has 1 saturated heterocycles. The topological polar surface area (TPSA) is 66.8 Å². The minimum absolute atomic E-state index is 0.126. The zero-order chi connectivity index (χ0) is 14.3. The van der Waals surface area contributed by atoms with Crippen LogP contribution in [0.2, 0.25) is 0 Å². The third-order valence-electron chi connectivity index (χ3n) is 3.41. The monoisotopic (exact) mass is 271 g/mol. The first kappa shape index (κ1) is 16.0. The number of carboxylic acid groups (broad SMARTS) is 1. The van der Waals surface area contributed by atoms with Gasteiger partial charge in [0.05, 0.1) is 19.1 Å². The van der Waals surface area contributed by atoms with Crippen LogP contribution in [0.1, 0.15) is 46.0 Å². The maximum atomic E-state index is 12.0. The molecule has 1 aliphatic rings. The Labute approximate surface area is 114 Å². The van der Waals surface area contributed by atoms with Gasteiger partial charge in [-0.2, -0.15) is 0 Å². The van der Waals surface area contributed by atoms with Crippen LogP contribution >= 0.6 is 0 Å². The van der Waals surface area contributed by atoms with Crippen molar-refractivity contribution in [3.05, 3.63) is 0 Å². The lowest BCUT2D eigenvalue weighted by Crippen LogP contribution is -2.40. The van der Waals surface area contributed by atoms with Crippen LogP contribution in [0.3, 0.4) is 0 Å². The zero-order valence-electron chi connectivity index (χ0n) is 11.9. The maximum Gasteiger partial charge on any atom is 0.303 e. The second-order valence-electron chi connectivity index (χ2n) is 5.45. The normalized spacial score (nSPS) is 19.7. The number of rotatable bonds is 7. The van der Waals surface area contributed by atoms with Crippen molar-refractivity contribution in [3.63, 3.8) is 0 Å². The smallest absolute Gasteiger partial charge is 0.303 e. The number of aliphatic carboxylic acids is 1. The summed E-state index contributed by atoms with van der Waals surface area (Å²) in [7, 11) is 0. The highest BCUT2D eigenvalue weighted by Gasteiger charge is 2.23. The summed E-state index contributed by atoms with van der Waals surface area (Å²) in [6.07, 6.45) is 3.44. The summed E-state index contributed by atoms with van der Waals surface area (Å²) in [5.41, 5.74) is 0. The Balaban J connectivity index is 2.28.